The largest absolute Gasteiger partial charge is 0.492 e. The van der Waals surface area contributed by atoms with Crippen LogP contribution in [0.15, 0.2) is 30.3 Å². The van der Waals surface area contributed by atoms with E-state index in [0.29, 0.717) is 40.9 Å². The Morgan fingerprint density at radius 2 is 1.72 bits per heavy atom. The summed E-state index contributed by atoms with van der Waals surface area (Å²) in [5.74, 6) is 1.99. The number of hydrogen-bond acceptors (Lipinski definition) is 6. The molecule has 0 bridgehead atoms. The quantitative estimate of drug-likeness (QED) is 0.619. The van der Waals surface area contributed by atoms with Gasteiger partial charge < -0.3 is 29.6 Å². The van der Waals surface area contributed by atoms with Gasteiger partial charge in [-0.15, -0.1) is 0 Å². The predicted molar refractivity (Wildman–Crippen MR) is 124 cm³/mol. The maximum Gasteiger partial charge on any atom is 0.258 e. The highest BCUT2D eigenvalue weighted by Gasteiger charge is 2.32. The summed E-state index contributed by atoms with van der Waals surface area (Å²) < 4.78 is 23.0. The van der Waals surface area contributed by atoms with Gasteiger partial charge in [-0.05, 0) is 56.3 Å². The van der Waals surface area contributed by atoms with Crippen molar-refractivity contribution >= 4 is 5.91 Å². The van der Waals surface area contributed by atoms with Crippen molar-refractivity contribution in [3.05, 3.63) is 41.5 Å². The average molecular weight is 443 g/mol. The number of carbonyl (C=O) groups is 1. The Hall–Kier alpha value is -2.93. The first-order valence-electron chi connectivity index (χ1n) is 11.2. The van der Waals surface area contributed by atoms with E-state index in [2.05, 4.69) is 6.92 Å². The van der Waals surface area contributed by atoms with Gasteiger partial charge in [0.05, 0.1) is 26.9 Å². The van der Waals surface area contributed by atoms with E-state index in [1.165, 1.54) is 21.3 Å². The fourth-order valence-electron chi connectivity index (χ4n) is 4.28. The molecule has 0 aromatic heterocycles. The van der Waals surface area contributed by atoms with Crippen LogP contribution in [0, 0.1) is 0 Å². The third-order valence-electron chi connectivity index (χ3n) is 5.94. The highest BCUT2D eigenvalue weighted by atomic mass is 16.5. The predicted octanol–water partition coefficient (Wildman–Crippen LogP) is 4.41. The van der Waals surface area contributed by atoms with Gasteiger partial charge in [-0.2, -0.15) is 0 Å². The van der Waals surface area contributed by atoms with Crippen molar-refractivity contribution in [3.8, 4) is 28.7 Å². The number of ether oxygens (including phenoxy) is 4. The lowest BCUT2D eigenvalue weighted by Gasteiger charge is -2.35. The molecular weight excluding hydrogens is 408 g/mol. The lowest BCUT2D eigenvalue weighted by atomic mass is 9.98. The van der Waals surface area contributed by atoms with E-state index >= 15 is 0 Å². The molecule has 3 rings (SSSR count). The molecule has 0 spiro atoms. The zero-order valence-electron chi connectivity index (χ0n) is 19.5. The van der Waals surface area contributed by atoms with Crippen molar-refractivity contribution in [1.29, 1.82) is 0 Å². The summed E-state index contributed by atoms with van der Waals surface area (Å²) in [6.07, 6.45) is 4.86. The molecule has 2 aromatic rings. The summed E-state index contributed by atoms with van der Waals surface area (Å²) in [5, 5.41) is 0. The van der Waals surface area contributed by atoms with Crippen LogP contribution in [0.1, 0.15) is 48.5 Å². The van der Waals surface area contributed by atoms with Crippen molar-refractivity contribution in [2.24, 2.45) is 5.73 Å². The number of amides is 1. The van der Waals surface area contributed by atoms with E-state index in [4.69, 9.17) is 24.7 Å². The van der Waals surface area contributed by atoms with E-state index in [1.807, 2.05) is 29.2 Å². The van der Waals surface area contributed by atoms with Gasteiger partial charge in [0.25, 0.3) is 5.91 Å². The Balaban J connectivity index is 2.04. The van der Waals surface area contributed by atoms with Gasteiger partial charge in [0.1, 0.15) is 5.75 Å². The second-order valence-corrected chi connectivity index (χ2v) is 7.86. The minimum absolute atomic E-state index is 0.0857. The van der Waals surface area contributed by atoms with Crippen LogP contribution in [0.25, 0.3) is 0 Å². The normalized spacial score (nSPS) is 15.9. The summed E-state index contributed by atoms with van der Waals surface area (Å²) >= 11 is 0. The molecule has 174 valence electrons. The van der Waals surface area contributed by atoms with Crippen LogP contribution in [0.2, 0.25) is 0 Å². The molecule has 1 saturated heterocycles. The summed E-state index contributed by atoms with van der Waals surface area (Å²) in [6.45, 7) is 3.43. The van der Waals surface area contributed by atoms with Crippen LogP contribution >= 0.6 is 0 Å². The number of piperidine rings is 1. The number of hydrogen-bond donors (Lipinski definition) is 1. The molecule has 2 N–H and O–H groups in total. The first kappa shape index (κ1) is 23.7. The molecule has 0 radical (unpaired) electrons. The van der Waals surface area contributed by atoms with Crippen LogP contribution in [0.4, 0.5) is 0 Å². The van der Waals surface area contributed by atoms with Crippen LogP contribution in [-0.4, -0.2) is 51.3 Å². The minimum atomic E-state index is -0.0857. The SMILES string of the molecule is CCC1CCCCN1C(=O)c1cc(Oc2ccc(CCN)cc2)c(OC)c(OC)c1OC. The number of methoxy groups -OCH3 is 3. The first-order chi connectivity index (χ1) is 15.6. The van der Waals surface area contributed by atoms with Crippen LogP contribution in [-0.2, 0) is 6.42 Å². The zero-order chi connectivity index (χ0) is 23.1. The Labute approximate surface area is 190 Å². The van der Waals surface area contributed by atoms with E-state index < -0.39 is 0 Å². The molecule has 32 heavy (non-hydrogen) atoms. The molecule has 0 aliphatic carbocycles. The average Bonchev–Trinajstić information content (AvgIpc) is 2.83. The van der Waals surface area contributed by atoms with Crippen molar-refractivity contribution in [1.82, 2.24) is 4.90 Å². The molecule has 1 aliphatic heterocycles. The van der Waals surface area contributed by atoms with Crippen LogP contribution < -0.4 is 24.7 Å². The lowest BCUT2D eigenvalue weighted by Crippen LogP contribution is -2.43. The molecule has 1 aliphatic rings. The number of likely N-dealkylation sites (tertiary alicyclic amines) is 1. The van der Waals surface area contributed by atoms with E-state index in [0.717, 1.165) is 44.2 Å². The van der Waals surface area contributed by atoms with Crippen molar-refractivity contribution in [2.75, 3.05) is 34.4 Å². The Morgan fingerprint density at radius 1 is 1.03 bits per heavy atom. The highest BCUT2D eigenvalue weighted by Crippen LogP contribution is 2.48. The maximum atomic E-state index is 13.6. The van der Waals surface area contributed by atoms with E-state index in [9.17, 15) is 4.79 Å². The number of carbonyl (C=O) groups excluding carboxylic acids is 1. The van der Waals surface area contributed by atoms with Gasteiger partial charge in [0.15, 0.2) is 11.5 Å². The monoisotopic (exact) mass is 442 g/mol. The topological polar surface area (TPSA) is 83.3 Å². The molecule has 7 heteroatoms. The smallest absolute Gasteiger partial charge is 0.258 e. The summed E-state index contributed by atoms with van der Waals surface area (Å²) in [6, 6.07) is 9.61. The van der Waals surface area contributed by atoms with Gasteiger partial charge in [0.2, 0.25) is 11.5 Å². The minimum Gasteiger partial charge on any atom is -0.492 e. The molecule has 1 amide bonds. The van der Waals surface area contributed by atoms with Gasteiger partial charge >= 0.3 is 0 Å². The maximum absolute atomic E-state index is 13.6. The second kappa shape index (κ2) is 11.1. The highest BCUT2D eigenvalue weighted by molar-refractivity contribution is 5.99. The molecule has 1 atom stereocenters. The van der Waals surface area contributed by atoms with Crippen molar-refractivity contribution in [2.45, 2.75) is 45.1 Å². The molecule has 1 heterocycles. The molecular formula is C25H34N2O5. The van der Waals surface area contributed by atoms with Crippen molar-refractivity contribution < 1.29 is 23.7 Å². The summed E-state index contributed by atoms with van der Waals surface area (Å²) in [4.78, 5) is 15.6. The molecule has 1 fully saturated rings. The fraction of sp³-hybridized carbons (Fsp3) is 0.480. The zero-order valence-corrected chi connectivity index (χ0v) is 19.5. The second-order valence-electron chi connectivity index (χ2n) is 7.86. The molecule has 0 saturated carbocycles. The number of rotatable bonds is 9. The molecule has 2 aromatic carbocycles. The van der Waals surface area contributed by atoms with Gasteiger partial charge in [-0.25, -0.2) is 0 Å². The Bertz CT molecular complexity index is 914. The van der Waals surface area contributed by atoms with E-state index in [1.54, 1.807) is 6.07 Å². The fourth-order valence-corrected chi connectivity index (χ4v) is 4.28. The standard InChI is InChI=1S/C25H34N2O5/c1-5-18-8-6-7-15-27(18)25(28)20-16-21(23(30-3)24(31-4)22(20)29-2)32-19-11-9-17(10-12-19)13-14-26/h9-12,16,18H,5-8,13-15,26H2,1-4H3. The lowest BCUT2D eigenvalue weighted by molar-refractivity contribution is 0.0603. The number of nitrogens with zero attached hydrogens (tertiary/aromatic N) is 1. The summed E-state index contributed by atoms with van der Waals surface area (Å²) in [5.41, 5.74) is 7.17. The third-order valence-corrected chi connectivity index (χ3v) is 5.94. The van der Waals surface area contributed by atoms with Crippen LogP contribution in [0.5, 0.6) is 28.7 Å². The van der Waals surface area contributed by atoms with Gasteiger partial charge in [-0.1, -0.05) is 19.1 Å². The Morgan fingerprint density at radius 3 is 2.31 bits per heavy atom. The molecule has 7 nitrogen and oxygen atoms in total. The van der Waals surface area contributed by atoms with Gasteiger partial charge in [-0.3, -0.25) is 4.79 Å². The van der Waals surface area contributed by atoms with Gasteiger partial charge in [0, 0.05) is 18.7 Å². The van der Waals surface area contributed by atoms with Crippen molar-refractivity contribution in [3.63, 3.8) is 0 Å². The number of benzene rings is 2. The number of nitrogens with two attached hydrogens (primary N) is 1. The molecule has 1 unspecified atom stereocenters. The van der Waals surface area contributed by atoms with E-state index in [-0.39, 0.29) is 11.9 Å². The summed E-state index contributed by atoms with van der Waals surface area (Å²) in [7, 11) is 4.59. The van der Waals surface area contributed by atoms with Crippen LogP contribution in [0.3, 0.4) is 0 Å². The first-order valence-corrected chi connectivity index (χ1v) is 11.2. The Kier molecular flexibility index (Phi) is 8.22. The third kappa shape index (κ3) is 4.93.